The normalized spacial score (nSPS) is 10.5. The number of nitrogens with zero attached hydrogens (tertiary/aromatic N) is 1. The molecule has 3 aromatic rings. The Hall–Kier alpha value is -3.18. The van der Waals surface area contributed by atoms with Gasteiger partial charge in [-0.3, -0.25) is 14.9 Å². The number of nitro benzene ring substituents is 1. The summed E-state index contributed by atoms with van der Waals surface area (Å²) in [5.41, 5.74) is 1.71. The largest absolute Gasteiger partial charge is 0.341 e. The van der Waals surface area contributed by atoms with Crippen molar-refractivity contribution < 1.29 is 9.72 Å². The molecule has 0 aliphatic heterocycles. The van der Waals surface area contributed by atoms with Gasteiger partial charge in [-0.15, -0.1) is 0 Å². The van der Waals surface area contributed by atoms with Crippen molar-refractivity contribution in [3.05, 3.63) is 111 Å². The number of rotatable bonds is 5. The van der Waals surface area contributed by atoms with E-state index in [9.17, 15) is 14.9 Å². The summed E-state index contributed by atoms with van der Waals surface area (Å²) >= 11 is 5.82. The zero-order chi connectivity index (χ0) is 18.5. The first-order valence-electron chi connectivity index (χ1n) is 7.91. The fraction of sp³-hybridized carbons (Fsp3) is 0.0500. The van der Waals surface area contributed by atoms with Crippen LogP contribution in [0.25, 0.3) is 0 Å². The van der Waals surface area contributed by atoms with Gasteiger partial charge >= 0.3 is 0 Å². The maximum Gasteiger partial charge on any atom is 0.288 e. The molecule has 0 radical (unpaired) electrons. The summed E-state index contributed by atoms with van der Waals surface area (Å²) < 4.78 is 0. The Morgan fingerprint density at radius 3 is 1.96 bits per heavy atom. The first-order valence-corrected chi connectivity index (χ1v) is 8.29. The van der Waals surface area contributed by atoms with Gasteiger partial charge in [0.25, 0.3) is 11.6 Å². The molecule has 3 aromatic carbocycles. The summed E-state index contributed by atoms with van der Waals surface area (Å²) in [5.74, 6) is -0.414. The number of carbonyl (C=O) groups excluding carboxylic acids is 1. The van der Waals surface area contributed by atoms with E-state index >= 15 is 0 Å². The van der Waals surface area contributed by atoms with Crippen molar-refractivity contribution in [3.63, 3.8) is 0 Å². The molecule has 5 nitrogen and oxygen atoms in total. The van der Waals surface area contributed by atoms with Crippen LogP contribution in [0.4, 0.5) is 5.69 Å². The molecule has 0 aromatic heterocycles. The molecular weight excluding hydrogens is 352 g/mol. The summed E-state index contributed by atoms with van der Waals surface area (Å²) in [7, 11) is 0. The van der Waals surface area contributed by atoms with Crippen LogP contribution in [0.2, 0.25) is 5.02 Å². The number of hydrogen-bond donors (Lipinski definition) is 1. The molecule has 0 aliphatic carbocycles. The van der Waals surface area contributed by atoms with Crippen molar-refractivity contribution >= 4 is 23.2 Å². The van der Waals surface area contributed by atoms with E-state index in [1.165, 1.54) is 18.2 Å². The molecule has 1 N–H and O–H groups in total. The number of hydrogen-bond acceptors (Lipinski definition) is 3. The van der Waals surface area contributed by atoms with Crippen molar-refractivity contribution in [2.45, 2.75) is 6.04 Å². The molecular formula is C20H15ClN2O3. The average Bonchev–Trinajstić information content (AvgIpc) is 2.67. The highest BCUT2D eigenvalue weighted by atomic mass is 35.5. The summed E-state index contributed by atoms with van der Waals surface area (Å²) in [5, 5.41) is 14.0. The number of nitro groups is 1. The molecule has 0 fully saturated rings. The fourth-order valence-corrected chi connectivity index (χ4v) is 2.84. The van der Waals surface area contributed by atoms with Crippen LogP contribution in [0.3, 0.4) is 0 Å². The van der Waals surface area contributed by atoms with Gasteiger partial charge in [-0.25, -0.2) is 0 Å². The summed E-state index contributed by atoms with van der Waals surface area (Å²) in [4.78, 5) is 23.2. The van der Waals surface area contributed by atoms with Gasteiger partial charge in [0, 0.05) is 11.6 Å². The predicted octanol–water partition coefficient (Wildman–Crippen LogP) is 4.77. The predicted molar refractivity (Wildman–Crippen MR) is 100 cm³/mol. The minimum atomic E-state index is -0.606. The van der Waals surface area contributed by atoms with Gasteiger partial charge in [-0.1, -0.05) is 72.3 Å². The highest BCUT2D eigenvalue weighted by Crippen LogP contribution is 2.26. The SMILES string of the molecule is O=C(NC(c1ccccc1)c1ccccc1)c1ccc(Cl)c([N+](=O)[O-])c1. The third kappa shape index (κ3) is 3.90. The molecule has 0 heterocycles. The van der Waals surface area contributed by atoms with E-state index in [2.05, 4.69) is 5.32 Å². The van der Waals surface area contributed by atoms with Crippen LogP contribution in [0.15, 0.2) is 78.9 Å². The lowest BCUT2D eigenvalue weighted by Crippen LogP contribution is -2.29. The Kier molecular flexibility index (Phi) is 5.29. The van der Waals surface area contributed by atoms with Crippen LogP contribution in [-0.4, -0.2) is 10.8 Å². The Bertz CT molecular complexity index is 891. The first kappa shape index (κ1) is 17.6. The lowest BCUT2D eigenvalue weighted by molar-refractivity contribution is -0.384. The molecule has 0 bridgehead atoms. The van der Waals surface area contributed by atoms with Gasteiger partial charge in [0.2, 0.25) is 0 Å². The number of benzene rings is 3. The standard InChI is InChI=1S/C20H15ClN2O3/c21-17-12-11-16(13-18(17)23(25)26)20(24)22-19(14-7-3-1-4-8-14)15-9-5-2-6-10-15/h1-13,19H,(H,22,24). The van der Waals surface area contributed by atoms with Crippen LogP contribution in [0.1, 0.15) is 27.5 Å². The van der Waals surface area contributed by atoms with Gasteiger partial charge in [0.1, 0.15) is 5.02 Å². The van der Waals surface area contributed by atoms with Crippen molar-refractivity contribution in [1.82, 2.24) is 5.32 Å². The molecule has 0 atom stereocenters. The molecule has 130 valence electrons. The molecule has 0 saturated heterocycles. The number of carbonyl (C=O) groups is 1. The van der Waals surface area contributed by atoms with E-state index in [1.54, 1.807) is 0 Å². The van der Waals surface area contributed by atoms with Crippen molar-refractivity contribution in [3.8, 4) is 0 Å². The Morgan fingerprint density at radius 2 is 1.46 bits per heavy atom. The molecule has 0 unspecified atom stereocenters. The van der Waals surface area contributed by atoms with Gasteiger partial charge in [0.05, 0.1) is 11.0 Å². The minimum absolute atomic E-state index is 0.00535. The van der Waals surface area contributed by atoms with Crippen LogP contribution in [0.5, 0.6) is 0 Å². The average molecular weight is 367 g/mol. The highest BCUT2D eigenvalue weighted by molar-refractivity contribution is 6.32. The second-order valence-electron chi connectivity index (χ2n) is 5.65. The topological polar surface area (TPSA) is 72.2 Å². The number of halogens is 1. The van der Waals surface area contributed by atoms with E-state index in [-0.39, 0.29) is 22.3 Å². The number of nitrogens with one attached hydrogen (secondary N) is 1. The van der Waals surface area contributed by atoms with E-state index in [4.69, 9.17) is 11.6 Å². The van der Waals surface area contributed by atoms with Crippen molar-refractivity contribution in [1.29, 1.82) is 0 Å². The van der Waals surface area contributed by atoms with Crippen molar-refractivity contribution in [2.75, 3.05) is 0 Å². The zero-order valence-corrected chi connectivity index (χ0v) is 14.4. The van der Waals surface area contributed by atoms with Crippen LogP contribution in [0, 0.1) is 10.1 Å². The lowest BCUT2D eigenvalue weighted by Gasteiger charge is -2.20. The van der Waals surface area contributed by atoms with E-state index in [0.29, 0.717) is 0 Å². The van der Waals surface area contributed by atoms with Crippen LogP contribution < -0.4 is 5.32 Å². The maximum absolute atomic E-state index is 12.7. The summed E-state index contributed by atoms with van der Waals surface area (Å²) in [6.45, 7) is 0. The van der Waals surface area contributed by atoms with Gasteiger partial charge < -0.3 is 5.32 Å². The van der Waals surface area contributed by atoms with Crippen molar-refractivity contribution in [2.24, 2.45) is 0 Å². The molecule has 0 saturated carbocycles. The summed E-state index contributed by atoms with van der Waals surface area (Å²) in [6.07, 6.45) is 0. The Morgan fingerprint density at radius 1 is 0.923 bits per heavy atom. The molecule has 26 heavy (non-hydrogen) atoms. The lowest BCUT2D eigenvalue weighted by atomic mass is 9.98. The smallest absolute Gasteiger partial charge is 0.288 e. The fourth-order valence-electron chi connectivity index (χ4n) is 2.66. The molecule has 1 amide bonds. The minimum Gasteiger partial charge on any atom is -0.341 e. The van der Waals surface area contributed by atoms with Crippen LogP contribution in [-0.2, 0) is 0 Å². The van der Waals surface area contributed by atoms with Crippen LogP contribution >= 0.6 is 11.6 Å². The first-order chi connectivity index (χ1) is 12.6. The Balaban J connectivity index is 1.94. The number of amides is 1. The zero-order valence-electron chi connectivity index (χ0n) is 13.6. The van der Waals surface area contributed by atoms with E-state index in [1.807, 2.05) is 60.7 Å². The third-order valence-corrected chi connectivity index (χ3v) is 4.27. The second-order valence-corrected chi connectivity index (χ2v) is 6.06. The van der Waals surface area contributed by atoms with Gasteiger partial charge in [-0.2, -0.15) is 0 Å². The summed E-state index contributed by atoms with van der Waals surface area (Å²) in [6, 6.07) is 22.7. The van der Waals surface area contributed by atoms with E-state index < -0.39 is 10.8 Å². The van der Waals surface area contributed by atoms with Gasteiger partial charge in [-0.05, 0) is 23.3 Å². The van der Waals surface area contributed by atoms with Gasteiger partial charge in [0.15, 0.2) is 0 Å². The molecule has 0 aliphatic rings. The van der Waals surface area contributed by atoms with E-state index in [0.717, 1.165) is 11.1 Å². The monoisotopic (exact) mass is 366 g/mol. The second kappa shape index (κ2) is 7.80. The quantitative estimate of drug-likeness (QED) is 0.522. The molecule has 0 spiro atoms. The molecule has 6 heteroatoms. The molecule has 3 rings (SSSR count). The third-order valence-electron chi connectivity index (χ3n) is 3.95. The Labute approximate surface area is 155 Å². The maximum atomic E-state index is 12.7. The highest BCUT2D eigenvalue weighted by Gasteiger charge is 2.20.